The SMILES string of the molecule is CCCCN1CCN(C(=O)[C@@H](N)CC(C)C)CC1. The molecule has 0 aliphatic carbocycles. The van der Waals surface area contributed by atoms with Crippen molar-refractivity contribution in [1.82, 2.24) is 9.80 Å². The van der Waals surface area contributed by atoms with Gasteiger partial charge in [-0.15, -0.1) is 0 Å². The van der Waals surface area contributed by atoms with E-state index in [1.807, 2.05) is 4.90 Å². The third kappa shape index (κ3) is 4.94. The zero-order valence-electron chi connectivity index (χ0n) is 12.2. The number of nitrogens with two attached hydrogens (primary N) is 1. The Bertz CT molecular complexity index is 247. The molecule has 1 fully saturated rings. The fraction of sp³-hybridized carbons (Fsp3) is 0.929. The molecule has 1 atom stereocenters. The number of carbonyl (C=O) groups is 1. The lowest BCUT2D eigenvalue weighted by Gasteiger charge is -2.36. The van der Waals surface area contributed by atoms with Crippen LogP contribution in [0.3, 0.4) is 0 Å². The highest BCUT2D eigenvalue weighted by molar-refractivity contribution is 5.81. The molecule has 18 heavy (non-hydrogen) atoms. The van der Waals surface area contributed by atoms with Crippen LogP contribution >= 0.6 is 0 Å². The van der Waals surface area contributed by atoms with Crippen LogP contribution < -0.4 is 5.73 Å². The summed E-state index contributed by atoms with van der Waals surface area (Å²) in [4.78, 5) is 16.5. The number of nitrogens with zero attached hydrogens (tertiary/aromatic N) is 2. The van der Waals surface area contributed by atoms with Crippen LogP contribution in [-0.4, -0.2) is 54.5 Å². The van der Waals surface area contributed by atoms with Crippen molar-refractivity contribution in [3.8, 4) is 0 Å². The average molecular weight is 255 g/mol. The van der Waals surface area contributed by atoms with Gasteiger partial charge in [0.15, 0.2) is 0 Å². The van der Waals surface area contributed by atoms with Gasteiger partial charge >= 0.3 is 0 Å². The molecule has 1 aliphatic rings. The van der Waals surface area contributed by atoms with Crippen LogP contribution in [0.4, 0.5) is 0 Å². The number of unbranched alkanes of at least 4 members (excludes halogenated alkanes) is 1. The van der Waals surface area contributed by atoms with Crippen molar-refractivity contribution in [2.24, 2.45) is 11.7 Å². The van der Waals surface area contributed by atoms with E-state index in [0.717, 1.165) is 39.1 Å². The highest BCUT2D eigenvalue weighted by atomic mass is 16.2. The normalized spacial score (nSPS) is 19.3. The molecular weight excluding hydrogens is 226 g/mol. The first kappa shape index (κ1) is 15.4. The van der Waals surface area contributed by atoms with E-state index < -0.39 is 0 Å². The van der Waals surface area contributed by atoms with E-state index >= 15 is 0 Å². The fourth-order valence-electron chi connectivity index (χ4n) is 2.42. The standard InChI is InChI=1S/C14H29N3O/c1-4-5-6-16-7-9-17(10-8-16)14(18)13(15)11-12(2)3/h12-13H,4-11,15H2,1-3H3/t13-/m0/s1. The molecule has 2 N–H and O–H groups in total. The topological polar surface area (TPSA) is 49.6 Å². The van der Waals surface area contributed by atoms with Gasteiger partial charge in [-0.05, 0) is 25.3 Å². The Labute approximate surface area is 111 Å². The molecule has 0 saturated carbocycles. The first-order chi connectivity index (χ1) is 8.54. The maximum absolute atomic E-state index is 12.1. The van der Waals surface area contributed by atoms with Gasteiger partial charge < -0.3 is 10.6 Å². The average Bonchev–Trinajstić information content (AvgIpc) is 2.35. The van der Waals surface area contributed by atoms with Gasteiger partial charge in [0, 0.05) is 26.2 Å². The van der Waals surface area contributed by atoms with Crippen LogP contribution in [0, 0.1) is 5.92 Å². The molecule has 1 aliphatic heterocycles. The Kier molecular flexibility index (Phi) is 6.65. The quantitative estimate of drug-likeness (QED) is 0.778. The van der Waals surface area contributed by atoms with E-state index in [1.165, 1.54) is 12.8 Å². The zero-order valence-corrected chi connectivity index (χ0v) is 12.2. The highest BCUT2D eigenvalue weighted by Gasteiger charge is 2.25. The Hall–Kier alpha value is -0.610. The van der Waals surface area contributed by atoms with Crippen LogP contribution in [-0.2, 0) is 4.79 Å². The first-order valence-electron chi connectivity index (χ1n) is 7.31. The molecule has 1 rings (SSSR count). The zero-order chi connectivity index (χ0) is 13.5. The second-order valence-electron chi connectivity index (χ2n) is 5.76. The van der Waals surface area contributed by atoms with E-state index in [4.69, 9.17) is 5.73 Å². The molecule has 0 unspecified atom stereocenters. The second kappa shape index (κ2) is 7.74. The third-order valence-electron chi connectivity index (χ3n) is 3.55. The summed E-state index contributed by atoms with van der Waals surface area (Å²) in [7, 11) is 0. The van der Waals surface area contributed by atoms with Crippen molar-refractivity contribution in [2.45, 2.75) is 46.1 Å². The molecule has 1 amide bonds. The van der Waals surface area contributed by atoms with Gasteiger partial charge in [-0.2, -0.15) is 0 Å². The maximum atomic E-state index is 12.1. The summed E-state index contributed by atoms with van der Waals surface area (Å²) in [6.45, 7) is 11.3. The summed E-state index contributed by atoms with van der Waals surface area (Å²) in [5.41, 5.74) is 5.96. The van der Waals surface area contributed by atoms with Gasteiger partial charge in [0.05, 0.1) is 6.04 Å². The minimum atomic E-state index is -0.313. The van der Waals surface area contributed by atoms with Crippen molar-refractivity contribution in [3.05, 3.63) is 0 Å². The highest BCUT2D eigenvalue weighted by Crippen LogP contribution is 2.09. The number of rotatable bonds is 6. The molecule has 0 aromatic rings. The van der Waals surface area contributed by atoms with E-state index in [0.29, 0.717) is 5.92 Å². The van der Waals surface area contributed by atoms with Gasteiger partial charge in [0.1, 0.15) is 0 Å². The molecule has 0 bridgehead atoms. The number of carbonyl (C=O) groups excluding carboxylic acids is 1. The van der Waals surface area contributed by atoms with Crippen LogP contribution in [0.25, 0.3) is 0 Å². The van der Waals surface area contributed by atoms with Crippen molar-refractivity contribution in [1.29, 1.82) is 0 Å². The summed E-state index contributed by atoms with van der Waals surface area (Å²) in [5, 5.41) is 0. The maximum Gasteiger partial charge on any atom is 0.239 e. The van der Waals surface area contributed by atoms with Gasteiger partial charge in [0.25, 0.3) is 0 Å². The molecule has 0 aromatic heterocycles. The van der Waals surface area contributed by atoms with Crippen LogP contribution in [0.5, 0.6) is 0 Å². The Morgan fingerprint density at radius 3 is 2.33 bits per heavy atom. The fourth-order valence-corrected chi connectivity index (χ4v) is 2.42. The smallest absolute Gasteiger partial charge is 0.239 e. The summed E-state index contributed by atoms with van der Waals surface area (Å²) in [5.74, 6) is 0.619. The van der Waals surface area contributed by atoms with Gasteiger partial charge in [0.2, 0.25) is 5.91 Å². The number of amides is 1. The lowest BCUT2D eigenvalue weighted by molar-refractivity contribution is -0.134. The van der Waals surface area contributed by atoms with Crippen LogP contribution in [0.1, 0.15) is 40.0 Å². The minimum absolute atomic E-state index is 0.138. The monoisotopic (exact) mass is 255 g/mol. The van der Waals surface area contributed by atoms with E-state index in [1.54, 1.807) is 0 Å². The molecule has 0 aromatic carbocycles. The number of hydrogen-bond acceptors (Lipinski definition) is 3. The Morgan fingerprint density at radius 1 is 1.22 bits per heavy atom. The molecule has 106 valence electrons. The molecule has 0 spiro atoms. The predicted octanol–water partition coefficient (Wildman–Crippen LogP) is 1.30. The summed E-state index contributed by atoms with van der Waals surface area (Å²) in [6.07, 6.45) is 3.27. The Balaban J connectivity index is 2.31. The molecule has 0 radical (unpaired) electrons. The van der Waals surface area contributed by atoms with E-state index in [-0.39, 0.29) is 11.9 Å². The van der Waals surface area contributed by atoms with Gasteiger partial charge in [-0.1, -0.05) is 27.2 Å². The van der Waals surface area contributed by atoms with E-state index in [9.17, 15) is 4.79 Å². The lowest BCUT2D eigenvalue weighted by Crippen LogP contribution is -2.53. The minimum Gasteiger partial charge on any atom is -0.339 e. The molecule has 1 saturated heterocycles. The second-order valence-corrected chi connectivity index (χ2v) is 5.76. The Morgan fingerprint density at radius 2 is 1.83 bits per heavy atom. The summed E-state index contributed by atoms with van der Waals surface area (Å²) >= 11 is 0. The molecular formula is C14H29N3O. The van der Waals surface area contributed by atoms with Crippen molar-refractivity contribution >= 4 is 5.91 Å². The van der Waals surface area contributed by atoms with Gasteiger partial charge in [-0.25, -0.2) is 0 Å². The van der Waals surface area contributed by atoms with E-state index in [2.05, 4.69) is 25.7 Å². The van der Waals surface area contributed by atoms with Crippen molar-refractivity contribution < 1.29 is 4.79 Å². The first-order valence-corrected chi connectivity index (χ1v) is 7.31. The summed E-state index contributed by atoms with van der Waals surface area (Å²) < 4.78 is 0. The molecule has 1 heterocycles. The lowest BCUT2D eigenvalue weighted by atomic mass is 10.0. The van der Waals surface area contributed by atoms with Crippen molar-refractivity contribution in [2.75, 3.05) is 32.7 Å². The number of hydrogen-bond donors (Lipinski definition) is 1. The van der Waals surface area contributed by atoms with Crippen LogP contribution in [0.15, 0.2) is 0 Å². The molecule has 4 heteroatoms. The number of piperazine rings is 1. The van der Waals surface area contributed by atoms with Crippen LogP contribution in [0.2, 0.25) is 0 Å². The largest absolute Gasteiger partial charge is 0.339 e. The summed E-state index contributed by atoms with van der Waals surface area (Å²) in [6, 6.07) is -0.313. The van der Waals surface area contributed by atoms with Gasteiger partial charge in [-0.3, -0.25) is 9.69 Å². The molecule has 4 nitrogen and oxygen atoms in total. The van der Waals surface area contributed by atoms with Crippen molar-refractivity contribution in [3.63, 3.8) is 0 Å². The predicted molar refractivity (Wildman–Crippen MR) is 75.4 cm³/mol. The third-order valence-corrected chi connectivity index (χ3v) is 3.55.